The molecule has 0 saturated heterocycles. The topological polar surface area (TPSA) is 52.0 Å². The summed E-state index contributed by atoms with van der Waals surface area (Å²) in [4.78, 5) is 4.58. The van der Waals surface area contributed by atoms with Crippen LogP contribution in [0.2, 0.25) is 0 Å². The molecule has 0 fully saturated rings. The van der Waals surface area contributed by atoms with E-state index in [1.54, 1.807) is 6.07 Å². The van der Waals surface area contributed by atoms with E-state index in [1.807, 2.05) is 52.0 Å². The first-order chi connectivity index (χ1) is 10.3. The lowest BCUT2D eigenvalue weighted by atomic mass is 10.0. The minimum Gasteiger partial charge on any atom is -0.236 e. The molecule has 0 aliphatic heterocycles. The molecule has 0 spiro atoms. The predicted octanol–water partition coefficient (Wildman–Crippen LogP) is 3.51. The van der Waals surface area contributed by atoms with Gasteiger partial charge in [0.15, 0.2) is 0 Å². The Hall–Kier alpha value is -2.14. The molecule has 0 aliphatic carbocycles. The molecule has 2 aromatic carbocycles. The summed E-state index contributed by atoms with van der Waals surface area (Å²) in [6.07, 6.45) is 1.39. The molecule has 0 saturated carbocycles. The van der Waals surface area contributed by atoms with Gasteiger partial charge in [0.25, 0.3) is 10.0 Å². The number of para-hydroxylation sites is 2. The Morgan fingerprint density at radius 1 is 0.955 bits per heavy atom. The zero-order chi connectivity index (χ0) is 16.1. The number of fused-ring (bicyclic) bond motifs is 1. The molecule has 0 N–H and O–H groups in total. The highest BCUT2D eigenvalue weighted by Gasteiger charge is 2.25. The van der Waals surface area contributed by atoms with Gasteiger partial charge in [-0.05, 0) is 62.1 Å². The van der Waals surface area contributed by atoms with Crippen molar-refractivity contribution in [1.82, 2.24) is 8.96 Å². The van der Waals surface area contributed by atoms with Gasteiger partial charge in [-0.25, -0.2) is 17.4 Å². The van der Waals surface area contributed by atoms with Gasteiger partial charge in [0.05, 0.1) is 15.9 Å². The highest BCUT2D eigenvalue weighted by molar-refractivity contribution is 7.90. The van der Waals surface area contributed by atoms with Gasteiger partial charge >= 0.3 is 0 Å². The van der Waals surface area contributed by atoms with Crippen molar-refractivity contribution in [3.63, 3.8) is 0 Å². The normalized spacial score (nSPS) is 12.0. The van der Waals surface area contributed by atoms with Gasteiger partial charge in [-0.15, -0.1) is 0 Å². The van der Waals surface area contributed by atoms with Crippen molar-refractivity contribution in [2.24, 2.45) is 0 Å². The van der Waals surface area contributed by atoms with E-state index in [2.05, 4.69) is 4.98 Å². The maximum Gasteiger partial charge on any atom is 0.270 e. The van der Waals surface area contributed by atoms with Crippen molar-refractivity contribution < 1.29 is 8.42 Å². The summed E-state index contributed by atoms with van der Waals surface area (Å²) in [5.41, 5.74) is 4.81. The van der Waals surface area contributed by atoms with E-state index in [9.17, 15) is 8.42 Å². The van der Waals surface area contributed by atoms with Crippen LogP contribution >= 0.6 is 0 Å². The number of benzene rings is 2. The molecular weight excluding hydrogens is 296 g/mol. The van der Waals surface area contributed by atoms with Gasteiger partial charge in [-0.3, -0.25) is 0 Å². The van der Waals surface area contributed by atoms with Crippen molar-refractivity contribution >= 4 is 21.1 Å². The number of nitrogens with zero attached hydrogens (tertiary/aromatic N) is 2. The Morgan fingerprint density at radius 3 is 2.18 bits per heavy atom. The molecule has 0 atom stereocenters. The van der Waals surface area contributed by atoms with E-state index in [0.717, 1.165) is 22.3 Å². The molecule has 4 nitrogen and oxygen atoms in total. The van der Waals surface area contributed by atoms with Crippen molar-refractivity contribution in [2.75, 3.05) is 0 Å². The zero-order valence-electron chi connectivity index (χ0n) is 13.1. The Morgan fingerprint density at radius 2 is 1.55 bits per heavy atom. The molecule has 0 unspecified atom stereocenters. The van der Waals surface area contributed by atoms with Crippen molar-refractivity contribution in [3.05, 3.63) is 58.9 Å². The van der Waals surface area contributed by atoms with Crippen molar-refractivity contribution in [2.45, 2.75) is 32.6 Å². The standard InChI is InChI=1S/C17H18N2O2S/c1-11-9-12(2)14(4)17(13(11)3)22(20,21)19-10-18-15-7-5-6-8-16(15)19/h5-10H,1-4H3. The molecule has 3 rings (SSSR count). The average molecular weight is 314 g/mol. The molecule has 0 bridgehead atoms. The van der Waals surface area contributed by atoms with Crippen LogP contribution in [0.3, 0.4) is 0 Å². The van der Waals surface area contributed by atoms with Crippen molar-refractivity contribution in [3.8, 4) is 0 Å². The Kier molecular flexibility index (Phi) is 3.33. The predicted molar refractivity (Wildman–Crippen MR) is 87.7 cm³/mol. The van der Waals surface area contributed by atoms with E-state index in [4.69, 9.17) is 0 Å². The smallest absolute Gasteiger partial charge is 0.236 e. The monoisotopic (exact) mass is 314 g/mol. The lowest BCUT2D eigenvalue weighted by Gasteiger charge is -2.16. The fourth-order valence-electron chi connectivity index (χ4n) is 2.79. The maximum absolute atomic E-state index is 13.2. The van der Waals surface area contributed by atoms with E-state index < -0.39 is 10.0 Å². The number of aryl methyl sites for hydroxylation is 2. The van der Waals surface area contributed by atoms with E-state index >= 15 is 0 Å². The van der Waals surface area contributed by atoms with Crippen molar-refractivity contribution in [1.29, 1.82) is 0 Å². The lowest BCUT2D eigenvalue weighted by Crippen LogP contribution is -2.16. The third-order valence-corrected chi connectivity index (χ3v) is 6.17. The largest absolute Gasteiger partial charge is 0.270 e. The molecule has 114 valence electrons. The molecule has 1 heterocycles. The number of hydrogen-bond acceptors (Lipinski definition) is 3. The van der Waals surface area contributed by atoms with Gasteiger partial charge in [0.1, 0.15) is 6.33 Å². The molecular formula is C17H18N2O2S. The number of hydrogen-bond donors (Lipinski definition) is 0. The van der Waals surface area contributed by atoms with Crippen LogP contribution in [0, 0.1) is 27.7 Å². The molecule has 0 radical (unpaired) electrons. The first kappa shape index (κ1) is 14.8. The Bertz CT molecular complexity index is 959. The van der Waals surface area contributed by atoms with Gasteiger partial charge in [-0.2, -0.15) is 0 Å². The average Bonchev–Trinajstić information content (AvgIpc) is 2.90. The third kappa shape index (κ3) is 2.04. The summed E-state index contributed by atoms with van der Waals surface area (Å²) in [5.74, 6) is 0. The Balaban J connectivity index is 2.37. The molecule has 0 amide bonds. The minimum absolute atomic E-state index is 0.383. The quantitative estimate of drug-likeness (QED) is 0.727. The highest BCUT2D eigenvalue weighted by Crippen LogP contribution is 2.29. The SMILES string of the molecule is Cc1cc(C)c(C)c(S(=O)(=O)n2cnc3ccccc32)c1C. The summed E-state index contributed by atoms with van der Waals surface area (Å²) in [6.45, 7) is 7.58. The maximum atomic E-state index is 13.2. The van der Waals surface area contributed by atoms with Crippen LogP contribution in [0.15, 0.2) is 41.6 Å². The van der Waals surface area contributed by atoms with Gasteiger partial charge in [-0.1, -0.05) is 18.2 Å². The fraction of sp³-hybridized carbons (Fsp3) is 0.235. The zero-order valence-corrected chi connectivity index (χ0v) is 13.9. The van der Waals surface area contributed by atoms with Gasteiger partial charge in [0, 0.05) is 0 Å². The van der Waals surface area contributed by atoms with Crippen LogP contribution in [0.25, 0.3) is 11.0 Å². The third-order valence-electron chi connectivity index (χ3n) is 4.23. The van der Waals surface area contributed by atoms with Crippen LogP contribution in [0.4, 0.5) is 0 Å². The minimum atomic E-state index is -3.67. The van der Waals surface area contributed by atoms with Crippen LogP contribution in [0.5, 0.6) is 0 Å². The summed E-state index contributed by atoms with van der Waals surface area (Å²) in [7, 11) is -3.67. The molecule has 3 aromatic rings. The summed E-state index contributed by atoms with van der Waals surface area (Å²) >= 11 is 0. The first-order valence-electron chi connectivity index (χ1n) is 7.09. The van der Waals surface area contributed by atoms with E-state index in [-0.39, 0.29) is 0 Å². The second-order valence-corrected chi connectivity index (χ2v) is 7.38. The fourth-order valence-corrected chi connectivity index (χ4v) is 4.67. The van der Waals surface area contributed by atoms with E-state index in [1.165, 1.54) is 10.3 Å². The van der Waals surface area contributed by atoms with Gasteiger partial charge < -0.3 is 0 Å². The Labute approximate surface area is 130 Å². The highest BCUT2D eigenvalue weighted by atomic mass is 32.2. The van der Waals surface area contributed by atoms with Crippen LogP contribution < -0.4 is 0 Å². The van der Waals surface area contributed by atoms with Crippen LogP contribution in [0.1, 0.15) is 22.3 Å². The molecule has 0 aliphatic rings. The van der Waals surface area contributed by atoms with Gasteiger partial charge in [0.2, 0.25) is 0 Å². The number of aromatic nitrogens is 2. The second-order valence-electron chi connectivity index (χ2n) is 5.62. The molecule has 22 heavy (non-hydrogen) atoms. The number of imidazole rings is 1. The summed E-state index contributed by atoms with van der Waals surface area (Å²) < 4.78 is 27.6. The van der Waals surface area contributed by atoms with Crippen LogP contribution in [-0.4, -0.2) is 17.4 Å². The summed E-state index contributed by atoms with van der Waals surface area (Å²) in [6, 6.07) is 9.27. The number of rotatable bonds is 2. The summed E-state index contributed by atoms with van der Waals surface area (Å²) in [5, 5.41) is 0. The lowest BCUT2D eigenvalue weighted by molar-refractivity contribution is 0.587. The second kappa shape index (κ2) is 4.95. The van der Waals surface area contributed by atoms with Crippen LogP contribution in [-0.2, 0) is 10.0 Å². The van der Waals surface area contributed by atoms with E-state index in [0.29, 0.717) is 15.9 Å². The molecule has 1 aromatic heterocycles. The molecule has 5 heteroatoms. The first-order valence-corrected chi connectivity index (χ1v) is 8.53.